The molecular formula is C28H31ClF2N4O5. The fourth-order valence-corrected chi connectivity index (χ4v) is 5.25. The van der Waals surface area contributed by atoms with E-state index in [-0.39, 0.29) is 17.4 Å². The number of anilines is 1. The lowest BCUT2D eigenvalue weighted by Gasteiger charge is -2.39. The van der Waals surface area contributed by atoms with Crippen molar-refractivity contribution in [2.75, 3.05) is 31.2 Å². The average molecular weight is 577 g/mol. The summed E-state index contributed by atoms with van der Waals surface area (Å²) in [4.78, 5) is 33.0. The van der Waals surface area contributed by atoms with E-state index in [4.69, 9.17) is 30.7 Å². The predicted octanol–water partition coefficient (Wildman–Crippen LogP) is 5.96. The highest BCUT2D eigenvalue weighted by molar-refractivity contribution is 6.30. The van der Waals surface area contributed by atoms with Gasteiger partial charge in [0.25, 0.3) is 18.5 Å². The van der Waals surface area contributed by atoms with Gasteiger partial charge in [-0.05, 0) is 43.4 Å². The highest BCUT2D eigenvalue weighted by atomic mass is 35.5. The number of para-hydroxylation sites is 1. The molecule has 214 valence electrons. The molecule has 2 atom stereocenters. The molecule has 2 aliphatic rings. The molecule has 4 aromatic rings. The molecule has 0 spiro atoms. The van der Waals surface area contributed by atoms with Crippen molar-refractivity contribution in [3.63, 3.8) is 0 Å². The molecule has 2 N–H and O–H groups in total. The van der Waals surface area contributed by atoms with Gasteiger partial charge in [-0.2, -0.15) is 0 Å². The first-order valence-electron chi connectivity index (χ1n) is 13.0. The summed E-state index contributed by atoms with van der Waals surface area (Å²) in [7, 11) is 0. The monoisotopic (exact) mass is 576 g/mol. The molecule has 0 bridgehead atoms. The third-order valence-electron chi connectivity index (χ3n) is 7.52. The number of carboxylic acid groups (broad SMARTS) is 1. The Labute approximate surface area is 234 Å². The quantitative estimate of drug-likeness (QED) is 0.287. The van der Waals surface area contributed by atoms with Gasteiger partial charge in [0, 0.05) is 48.9 Å². The normalized spacial score (nSPS) is 20.6. The van der Waals surface area contributed by atoms with E-state index < -0.39 is 12.2 Å². The maximum Gasteiger partial charge on any atom is 0.297 e. The molecule has 1 aromatic carbocycles. The molecule has 9 nitrogen and oxygen atoms in total. The van der Waals surface area contributed by atoms with E-state index in [1.165, 1.54) is 6.20 Å². The summed E-state index contributed by atoms with van der Waals surface area (Å²) in [5, 5.41) is 8.21. The number of hydrogen-bond acceptors (Lipinski definition) is 7. The van der Waals surface area contributed by atoms with Gasteiger partial charge in [0.1, 0.15) is 11.1 Å². The van der Waals surface area contributed by atoms with Crippen LogP contribution in [-0.4, -0.2) is 52.8 Å². The highest BCUT2D eigenvalue weighted by Gasteiger charge is 2.38. The van der Waals surface area contributed by atoms with Crippen LogP contribution in [0.5, 0.6) is 0 Å². The number of hydrogen-bond donors (Lipinski definition) is 2. The van der Waals surface area contributed by atoms with Crippen LogP contribution in [0.4, 0.5) is 14.6 Å². The summed E-state index contributed by atoms with van der Waals surface area (Å²) in [5.41, 5.74) is 2.21. The van der Waals surface area contributed by atoms with E-state index >= 15 is 0 Å². The number of fused-ring (bicyclic) bond motifs is 3. The molecule has 0 radical (unpaired) electrons. The van der Waals surface area contributed by atoms with Crippen molar-refractivity contribution < 1.29 is 27.8 Å². The van der Waals surface area contributed by atoms with Crippen molar-refractivity contribution in [2.24, 2.45) is 5.92 Å². The molecule has 0 saturated carbocycles. The molecule has 0 aliphatic carbocycles. The summed E-state index contributed by atoms with van der Waals surface area (Å²) in [6.45, 7) is 6.99. The Morgan fingerprint density at radius 2 is 1.95 bits per heavy atom. The van der Waals surface area contributed by atoms with E-state index in [0.29, 0.717) is 46.7 Å². The van der Waals surface area contributed by atoms with Crippen molar-refractivity contribution in [1.82, 2.24) is 15.0 Å². The summed E-state index contributed by atoms with van der Waals surface area (Å²) < 4.78 is 37.4. The zero-order chi connectivity index (χ0) is 28.9. The second-order valence-electron chi connectivity index (χ2n) is 9.99. The fraction of sp³-hybridized carbons (Fsp3) is 0.429. The number of alkyl halides is 2. The molecule has 2 unspecified atom stereocenters. The SMILES string of the molecule is CC1COCCC1(C)c1cc(Cl)c[nH]c1=O.FC(F)c1nc(N2CCCC2)c2oc3ccccc3c2n1.O=CO. The minimum Gasteiger partial charge on any atom is -0.483 e. The molecule has 2 aliphatic heterocycles. The van der Waals surface area contributed by atoms with Crippen molar-refractivity contribution in [2.45, 2.75) is 45.0 Å². The molecule has 12 heteroatoms. The maximum atomic E-state index is 13.1. The van der Waals surface area contributed by atoms with Crippen LogP contribution in [0.2, 0.25) is 5.02 Å². The number of ether oxygens (including phenoxy) is 1. The zero-order valence-corrected chi connectivity index (χ0v) is 23.0. The Morgan fingerprint density at radius 3 is 2.62 bits per heavy atom. The van der Waals surface area contributed by atoms with Crippen LogP contribution in [0.15, 0.2) is 45.7 Å². The smallest absolute Gasteiger partial charge is 0.297 e. The lowest BCUT2D eigenvalue weighted by molar-refractivity contribution is -0.122. The van der Waals surface area contributed by atoms with Gasteiger partial charge < -0.3 is 24.1 Å². The number of nitrogens with zero attached hydrogens (tertiary/aromatic N) is 3. The van der Waals surface area contributed by atoms with Gasteiger partial charge in [-0.3, -0.25) is 9.59 Å². The number of pyridine rings is 1. The van der Waals surface area contributed by atoms with Gasteiger partial charge in [-0.15, -0.1) is 0 Å². The van der Waals surface area contributed by atoms with Crippen molar-refractivity contribution in [3.05, 3.63) is 63.3 Å². The van der Waals surface area contributed by atoms with Gasteiger partial charge in [0.05, 0.1) is 5.02 Å². The third kappa shape index (κ3) is 6.10. The van der Waals surface area contributed by atoms with Crippen LogP contribution in [0.1, 0.15) is 50.9 Å². The molecule has 2 saturated heterocycles. The fourth-order valence-electron chi connectivity index (χ4n) is 5.09. The number of nitrogens with one attached hydrogen (secondary N) is 1. The van der Waals surface area contributed by atoms with Crippen LogP contribution in [0.25, 0.3) is 22.1 Å². The first-order valence-corrected chi connectivity index (χ1v) is 13.3. The molecule has 6 rings (SSSR count). The third-order valence-corrected chi connectivity index (χ3v) is 7.74. The predicted molar refractivity (Wildman–Crippen MR) is 148 cm³/mol. The first-order chi connectivity index (χ1) is 19.2. The number of aromatic amines is 1. The van der Waals surface area contributed by atoms with Crippen LogP contribution >= 0.6 is 11.6 Å². The minimum atomic E-state index is -2.69. The summed E-state index contributed by atoms with van der Waals surface area (Å²) in [5.74, 6) is 0.376. The first kappa shape index (κ1) is 29.4. The van der Waals surface area contributed by atoms with Gasteiger partial charge in [-0.1, -0.05) is 37.6 Å². The van der Waals surface area contributed by atoms with E-state index in [2.05, 4.69) is 28.8 Å². The molecule has 40 heavy (non-hydrogen) atoms. The van der Waals surface area contributed by atoms with Gasteiger partial charge >= 0.3 is 0 Å². The van der Waals surface area contributed by atoms with Gasteiger partial charge in [-0.25, -0.2) is 18.7 Å². The molecule has 2 fully saturated rings. The van der Waals surface area contributed by atoms with Crippen LogP contribution in [0, 0.1) is 5.92 Å². The average Bonchev–Trinajstić information content (AvgIpc) is 3.60. The highest BCUT2D eigenvalue weighted by Crippen LogP contribution is 2.38. The van der Waals surface area contributed by atoms with Crippen LogP contribution in [0.3, 0.4) is 0 Å². The minimum absolute atomic E-state index is 0.0411. The number of aromatic nitrogens is 3. The Morgan fingerprint density at radius 1 is 1.25 bits per heavy atom. The number of rotatable bonds is 3. The lowest BCUT2D eigenvalue weighted by Crippen LogP contribution is -2.42. The van der Waals surface area contributed by atoms with Crippen LogP contribution in [-0.2, 0) is 14.9 Å². The van der Waals surface area contributed by atoms with Crippen molar-refractivity contribution in [1.29, 1.82) is 0 Å². The standard InChI is InChI=1S/C15H13F2N3O.C12H16ClNO2.CH2O2/c16-13(17)14-18-11-9-5-1-2-6-10(9)21-12(11)15(19-14)20-7-3-4-8-20;1-8-7-16-4-3-12(8,2)10-5-9(13)6-14-11(10)15;2-1-3/h1-2,5-6,13H,3-4,7-8H2;5-6,8H,3-4,7H2,1-2H3,(H,14,15);1H,(H,2,3). The topological polar surface area (TPSA) is 122 Å². The van der Waals surface area contributed by atoms with E-state index in [0.717, 1.165) is 43.3 Å². The largest absolute Gasteiger partial charge is 0.483 e. The number of carbonyl (C=O) groups is 1. The zero-order valence-electron chi connectivity index (χ0n) is 22.2. The molecule has 5 heterocycles. The number of halogens is 3. The van der Waals surface area contributed by atoms with E-state index in [9.17, 15) is 13.6 Å². The van der Waals surface area contributed by atoms with Crippen LogP contribution < -0.4 is 10.5 Å². The lowest BCUT2D eigenvalue weighted by atomic mass is 9.70. The Balaban J connectivity index is 0.000000174. The maximum absolute atomic E-state index is 13.1. The molecule has 0 amide bonds. The number of H-pyrrole nitrogens is 1. The van der Waals surface area contributed by atoms with Gasteiger partial charge in [0.2, 0.25) is 0 Å². The van der Waals surface area contributed by atoms with Gasteiger partial charge in [0.15, 0.2) is 17.2 Å². The van der Waals surface area contributed by atoms with Crippen molar-refractivity contribution >= 4 is 46.0 Å². The second-order valence-corrected chi connectivity index (χ2v) is 10.4. The van der Waals surface area contributed by atoms with E-state index in [1.54, 1.807) is 6.07 Å². The number of furan rings is 1. The van der Waals surface area contributed by atoms with Crippen molar-refractivity contribution in [3.8, 4) is 0 Å². The Kier molecular flexibility index (Phi) is 9.36. The number of benzene rings is 1. The summed E-state index contributed by atoms with van der Waals surface area (Å²) in [6, 6.07) is 9.12. The van der Waals surface area contributed by atoms with E-state index in [1.807, 2.05) is 29.2 Å². The molecule has 3 aromatic heterocycles. The Hall–Kier alpha value is -3.57. The Bertz CT molecular complexity index is 1520. The molecular weight excluding hydrogens is 546 g/mol. The summed E-state index contributed by atoms with van der Waals surface area (Å²) >= 11 is 5.94. The second kappa shape index (κ2) is 12.7. The summed E-state index contributed by atoms with van der Waals surface area (Å²) in [6.07, 6.45) is 1.77.